The maximum Gasteiger partial charge on any atom is 0.407 e. The monoisotopic (exact) mass is 584 g/mol. The minimum atomic E-state index is -4.14. The van der Waals surface area contributed by atoms with E-state index in [4.69, 9.17) is 14.0 Å². The number of fused-ring (bicyclic) bond motifs is 1. The Bertz CT molecular complexity index is 1700. The number of ether oxygens (including phenoxy) is 2. The highest BCUT2D eigenvalue weighted by molar-refractivity contribution is 7.92. The van der Waals surface area contributed by atoms with Gasteiger partial charge in [-0.1, -0.05) is 11.2 Å². The Labute approximate surface area is 237 Å². The third kappa shape index (κ3) is 6.95. The van der Waals surface area contributed by atoms with Crippen LogP contribution in [-0.2, 0) is 27.8 Å². The molecule has 0 unspecified atom stereocenters. The van der Waals surface area contributed by atoms with Crippen molar-refractivity contribution in [3.8, 4) is 5.75 Å². The van der Waals surface area contributed by atoms with Crippen molar-refractivity contribution >= 4 is 38.8 Å². The summed E-state index contributed by atoms with van der Waals surface area (Å²) in [7, 11) is -1.35. The molecule has 13 nitrogen and oxygen atoms in total. The first kappa shape index (κ1) is 29.4. The molecule has 4 aromatic rings. The number of sulfonamides is 1. The van der Waals surface area contributed by atoms with Crippen LogP contribution in [0, 0.1) is 6.92 Å². The summed E-state index contributed by atoms with van der Waals surface area (Å²) in [6.07, 6.45) is 2.95. The number of anilines is 1. The van der Waals surface area contributed by atoms with Gasteiger partial charge < -0.3 is 24.6 Å². The van der Waals surface area contributed by atoms with E-state index in [-0.39, 0.29) is 34.5 Å². The summed E-state index contributed by atoms with van der Waals surface area (Å²) < 4.78 is 46.6. The topological polar surface area (TPSA) is 167 Å². The number of benzene rings is 2. The molecule has 0 radical (unpaired) electrons. The number of hydrogen-bond donors (Lipinski definition) is 3. The third-order valence-electron chi connectivity index (χ3n) is 5.87. The highest BCUT2D eigenvalue weighted by Crippen LogP contribution is 2.32. The fourth-order valence-corrected chi connectivity index (χ4v) is 5.28. The highest BCUT2D eigenvalue weighted by atomic mass is 32.2. The summed E-state index contributed by atoms with van der Waals surface area (Å²) in [5, 5.41) is 14.0. The maximum atomic E-state index is 13.2. The molecular formula is C27H32N6O7S. The van der Waals surface area contributed by atoms with Crippen molar-refractivity contribution < 1.29 is 32.0 Å². The number of alkyl carbamates (subject to hydrolysis) is 1. The van der Waals surface area contributed by atoms with E-state index in [2.05, 4.69) is 25.6 Å². The molecular weight excluding hydrogens is 552 g/mol. The van der Waals surface area contributed by atoms with E-state index in [9.17, 15) is 18.0 Å². The van der Waals surface area contributed by atoms with Crippen LogP contribution >= 0.6 is 0 Å². The molecule has 0 atom stereocenters. The molecule has 0 saturated heterocycles. The fourth-order valence-electron chi connectivity index (χ4n) is 4.12. The Morgan fingerprint density at radius 3 is 2.56 bits per heavy atom. The van der Waals surface area contributed by atoms with Gasteiger partial charge in [0.15, 0.2) is 11.4 Å². The molecule has 0 saturated carbocycles. The van der Waals surface area contributed by atoms with Crippen LogP contribution in [0.1, 0.15) is 47.8 Å². The number of carbonyl (C=O) groups excluding carboxylic acids is 2. The average molecular weight is 585 g/mol. The van der Waals surface area contributed by atoms with E-state index in [1.54, 1.807) is 43.9 Å². The van der Waals surface area contributed by atoms with Crippen molar-refractivity contribution in [2.45, 2.75) is 51.3 Å². The van der Waals surface area contributed by atoms with Gasteiger partial charge in [0.1, 0.15) is 16.2 Å². The smallest absolute Gasteiger partial charge is 0.407 e. The number of hydrogen-bond acceptors (Lipinski definition) is 9. The Balaban J connectivity index is 1.50. The molecule has 4 rings (SSSR count). The molecule has 0 bridgehead atoms. The molecule has 2 aromatic carbocycles. The summed E-state index contributed by atoms with van der Waals surface area (Å²) in [6, 6.07) is 7.67. The van der Waals surface area contributed by atoms with Gasteiger partial charge in [-0.05, 0) is 63.1 Å². The molecule has 0 spiro atoms. The van der Waals surface area contributed by atoms with Crippen LogP contribution in [0.4, 0.5) is 10.6 Å². The second kappa shape index (κ2) is 11.5. The number of methoxy groups -OCH3 is 1. The summed E-state index contributed by atoms with van der Waals surface area (Å²) in [5.74, 6) is -0.348. The lowest BCUT2D eigenvalue weighted by molar-refractivity contribution is 0.0523. The maximum absolute atomic E-state index is 13.2. The molecule has 41 heavy (non-hydrogen) atoms. The molecule has 0 fully saturated rings. The summed E-state index contributed by atoms with van der Waals surface area (Å²) in [6.45, 7) is 7.86. The quantitative estimate of drug-likeness (QED) is 0.266. The van der Waals surface area contributed by atoms with E-state index < -0.39 is 21.7 Å². The number of aryl methyl sites for hydroxylation is 1. The van der Waals surface area contributed by atoms with Crippen molar-refractivity contribution in [3.63, 3.8) is 0 Å². The van der Waals surface area contributed by atoms with Crippen LogP contribution < -0.4 is 20.1 Å². The van der Waals surface area contributed by atoms with Gasteiger partial charge in [-0.25, -0.2) is 13.2 Å². The lowest BCUT2D eigenvalue weighted by Crippen LogP contribution is -2.32. The van der Waals surface area contributed by atoms with Crippen molar-refractivity contribution in [2.24, 2.45) is 0 Å². The molecule has 3 N–H and O–H groups in total. The van der Waals surface area contributed by atoms with Crippen molar-refractivity contribution in [2.75, 3.05) is 18.9 Å². The van der Waals surface area contributed by atoms with Gasteiger partial charge in [-0.2, -0.15) is 5.10 Å². The van der Waals surface area contributed by atoms with Gasteiger partial charge in [0.05, 0.1) is 25.2 Å². The second-order valence-corrected chi connectivity index (χ2v) is 11.9. The molecule has 0 aliphatic heterocycles. The zero-order chi connectivity index (χ0) is 29.9. The number of nitrogens with one attached hydrogen (secondary N) is 3. The van der Waals surface area contributed by atoms with E-state index in [1.165, 1.54) is 32.4 Å². The van der Waals surface area contributed by atoms with E-state index in [0.29, 0.717) is 17.5 Å². The predicted octanol–water partition coefficient (Wildman–Crippen LogP) is 3.57. The molecule has 218 valence electrons. The van der Waals surface area contributed by atoms with Gasteiger partial charge in [0, 0.05) is 30.9 Å². The van der Waals surface area contributed by atoms with Crippen molar-refractivity contribution in [1.82, 2.24) is 25.6 Å². The Morgan fingerprint density at radius 1 is 1.12 bits per heavy atom. The van der Waals surface area contributed by atoms with Gasteiger partial charge in [-0.3, -0.25) is 14.2 Å². The highest BCUT2D eigenvalue weighted by Gasteiger charge is 2.24. The summed E-state index contributed by atoms with van der Waals surface area (Å²) in [5.41, 5.74) is 2.43. The first-order valence-corrected chi connectivity index (χ1v) is 14.1. The zero-order valence-corrected chi connectivity index (χ0v) is 24.4. The van der Waals surface area contributed by atoms with Crippen LogP contribution in [0.5, 0.6) is 5.75 Å². The van der Waals surface area contributed by atoms with Gasteiger partial charge in [-0.15, -0.1) is 0 Å². The third-order valence-corrected chi connectivity index (χ3v) is 7.25. The SMILES string of the molecule is CNC(=O)c1ccc(S(=O)(=O)Nc2noc3cc(Cn4cc(CNC(=O)OC(C)(C)C)cn4)cc(C)c23)c(OC)c1. The lowest BCUT2D eigenvalue weighted by Gasteiger charge is -2.19. The number of aromatic nitrogens is 3. The number of amides is 2. The minimum absolute atomic E-state index is 0.00490. The molecule has 0 aliphatic carbocycles. The van der Waals surface area contributed by atoms with Crippen LogP contribution in [0.2, 0.25) is 0 Å². The Morgan fingerprint density at radius 2 is 1.88 bits per heavy atom. The van der Waals surface area contributed by atoms with Crippen LogP contribution in [0.25, 0.3) is 11.0 Å². The van der Waals surface area contributed by atoms with Gasteiger partial charge in [0.25, 0.3) is 15.9 Å². The molecule has 2 amide bonds. The average Bonchev–Trinajstić information content (AvgIpc) is 3.52. The molecule has 2 aromatic heterocycles. The van der Waals surface area contributed by atoms with E-state index >= 15 is 0 Å². The standard InChI is InChI=1S/C27H32N6O7S/c1-16-9-17(14-33-15-18(13-30-33)12-29-26(35)39-27(2,3)4)10-21-23(16)24(31-40-21)32-41(36,37)22-8-7-19(25(34)28-5)11-20(22)38-6/h7-11,13,15H,12,14H2,1-6H3,(H,28,34)(H,29,35)(H,31,32). The number of rotatable bonds is 9. The first-order valence-electron chi connectivity index (χ1n) is 12.6. The Kier molecular flexibility index (Phi) is 8.24. The Hall–Kier alpha value is -4.59. The first-order chi connectivity index (χ1) is 19.3. The van der Waals surface area contributed by atoms with E-state index in [0.717, 1.165) is 16.7 Å². The normalized spacial score (nSPS) is 11.8. The molecule has 2 heterocycles. The van der Waals surface area contributed by atoms with Crippen molar-refractivity contribution in [3.05, 3.63) is 65.0 Å². The molecule has 14 heteroatoms. The lowest BCUT2D eigenvalue weighted by atomic mass is 10.1. The largest absolute Gasteiger partial charge is 0.495 e. The zero-order valence-electron chi connectivity index (χ0n) is 23.6. The van der Waals surface area contributed by atoms with Gasteiger partial charge in [0.2, 0.25) is 0 Å². The molecule has 0 aliphatic rings. The van der Waals surface area contributed by atoms with Gasteiger partial charge >= 0.3 is 6.09 Å². The van der Waals surface area contributed by atoms with Crippen molar-refractivity contribution in [1.29, 1.82) is 0 Å². The van der Waals surface area contributed by atoms with E-state index in [1.807, 2.05) is 13.0 Å². The second-order valence-electron chi connectivity index (χ2n) is 10.3. The van der Waals surface area contributed by atoms with Crippen LogP contribution in [0.3, 0.4) is 0 Å². The predicted molar refractivity (Wildman–Crippen MR) is 150 cm³/mol. The number of nitrogens with zero attached hydrogens (tertiary/aromatic N) is 3. The summed E-state index contributed by atoms with van der Waals surface area (Å²) >= 11 is 0. The minimum Gasteiger partial charge on any atom is -0.495 e. The fraction of sp³-hybridized carbons (Fsp3) is 0.333. The summed E-state index contributed by atoms with van der Waals surface area (Å²) in [4.78, 5) is 23.7. The van der Waals surface area contributed by atoms with Crippen LogP contribution in [0.15, 0.2) is 52.1 Å². The van der Waals surface area contributed by atoms with Crippen LogP contribution in [-0.4, -0.2) is 55.1 Å². The number of carbonyl (C=O) groups is 2.